The summed E-state index contributed by atoms with van der Waals surface area (Å²) in [6.45, 7) is 1.39. The van der Waals surface area contributed by atoms with E-state index in [0.29, 0.717) is 19.6 Å². The average Bonchev–Trinajstić information content (AvgIpc) is 2.31. The van der Waals surface area contributed by atoms with E-state index in [1.807, 2.05) is 0 Å². The van der Waals surface area contributed by atoms with E-state index in [0.717, 1.165) is 19.3 Å². The summed E-state index contributed by atoms with van der Waals surface area (Å²) < 4.78 is 0. The summed E-state index contributed by atoms with van der Waals surface area (Å²) in [6, 6.07) is -0.286. The normalized spacial score (nSPS) is 21.3. The molecule has 0 radical (unpaired) electrons. The predicted octanol–water partition coefficient (Wildman–Crippen LogP) is -0.227. The minimum atomic E-state index is -0.828. The van der Waals surface area contributed by atoms with Crippen molar-refractivity contribution in [2.24, 2.45) is 5.41 Å². The van der Waals surface area contributed by atoms with Gasteiger partial charge in [0.1, 0.15) is 6.54 Å². The Balaban J connectivity index is 1.82. The Bertz CT molecular complexity index is 392. The number of hydrogen-bond donors (Lipinski definition) is 3. The maximum atomic E-state index is 11.9. The first kappa shape index (κ1) is 13.6. The standard InChI is InChI=1S/C12H19N3O4/c16-9-7-15(5-4-13-9)11(19)14-8-12(2-1-3-12)6-10(17)18/h1-8H2,(H,13,16)(H,14,19)(H,17,18). The van der Waals surface area contributed by atoms with Gasteiger partial charge < -0.3 is 20.6 Å². The van der Waals surface area contributed by atoms with Crippen molar-refractivity contribution in [2.75, 3.05) is 26.2 Å². The van der Waals surface area contributed by atoms with Crippen LogP contribution in [0.15, 0.2) is 0 Å². The van der Waals surface area contributed by atoms with Gasteiger partial charge in [-0.05, 0) is 18.3 Å². The Morgan fingerprint density at radius 2 is 2.16 bits per heavy atom. The molecule has 0 spiro atoms. The molecular formula is C12H19N3O4. The molecule has 7 nitrogen and oxygen atoms in total. The number of piperazine rings is 1. The molecule has 1 aliphatic heterocycles. The molecule has 3 N–H and O–H groups in total. The third-order valence-corrected chi connectivity index (χ3v) is 3.88. The van der Waals surface area contributed by atoms with E-state index in [2.05, 4.69) is 10.6 Å². The summed E-state index contributed by atoms with van der Waals surface area (Å²) in [5.74, 6) is -0.989. The summed E-state index contributed by atoms with van der Waals surface area (Å²) in [5, 5.41) is 14.3. The predicted molar refractivity (Wildman–Crippen MR) is 66.5 cm³/mol. The van der Waals surface area contributed by atoms with Gasteiger partial charge in [0.2, 0.25) is 5.91 Å². The van der Waals surface area contributed by atoms with Crippen LogP contribution in [0.4, 0.5) is 4.79 Å². The molecule has 19 heavy (non-hydrogen) atoms. The van der Waals surface area contributed by atoms with Crippen LogP contribution in [-0.4, -0.2) is 54.1 Å². The SMILES string of the molecule is O=C(O)CC1(CNC(=O)N2CCNC(=O)C2)CCC1. The number of carbonyl (C=O) groups is 3. The van der Waals surface area contributed by atoms with Crippen LogP contribution in [0.1, 0.15) is 25.7 Å². The molecule has 0 aromatic heterocycles. The first-order chi connectivity index (χ1) is 9.01. The summed E-state index contributed by atoms with van der Waals surface area (Å²) >= 11 is 0. The first-order valence-electron chi connectivity index (χ1n) is 6.52. The number of nitrogens with zero attached hydrogens (tertiary/aromatic N) is 1. The van der Waals surface area contributed by atoms with Crippen LogP contribution in [0.2, 0.25) is 0 Å². The summed E-state index contributed by atoms with van der Waals surface area (Å²) in [5.41, 5.74) is -0.292. The molecule has 1 heterocycles. The van der Waals surface area contributed by atoms with Gasteiger partial charge in [-0.3, -0.25) is 9.59 Å². The number of urea groups is 1. The number of hydrogen-bond acceptors (Lipinski definition) is 3. The summed E-state index contributed by atoms with van der Waals surface area (Å²) in [7, 11) is 0. The van der Waals surface area contributed by atoms with Gasteiger partial charge in [-0.1, -0.05) is 6.42 Å². The number of carboxylic acids is 1. The van der Waals surface area contributed by atoms with E-state index >= 15 is 0 Å². The summed E-state index contributed by atoms with van der Waals surface area (Å²) in [4.78, 5) is 35.4. The van der Waals surface area contributed by atoms with E-state index in [9.17, 15) is 14.4 Å². The van der Waals surface area contributed by atoms with Crippen LogP contribution in [0, 0.1) is 5.41 Å². The maximum Gasteiger partial charge on any atom is 0.317 e. The fraction of sp³-hybridized carbons (Fsp3) is 0.750. The van der Waals surface area contributed by atoms with Crippen molar-refractivity contribution in [3.8, 4) is 0 Å². The lowest BCUT2D eigenvalue weighted by Gasteiger charge is -2.41. The van der Waals surface area contributed by atoms with Gasteiger partial charge in [-0.2, -0.15) is 0 Å². The van der Waals surface area contributed by atoms with Gasteiger partial charge in [0, 0.05) is 19.6 Å². The second kappa shape index (κ2) is 5.46. The Morgan fingerprint density at radius 3 is 2.68 bits per heavy atom. The van der Waals surface area contributed by atoms with E-state index in [-0.39, 0.29) is 30.3 Å². The molecule has 0 atom stereocenters. The van der Waals surface area contributed by atoms with Crippen LogP contribution < -0.4 is 10.6 Å². The van der Waals surface area contributed by atoms with E-state index in [4.69, 9.17) is 5.11 Å². The van der Waals surface area contributed by atoms with Crippen LogP contribution in [0.25, 0.3) is 0 Å². The molecule has 3 amide bonds. The second-order valence-corrected chi connectivity index (χ2v) is 5.35. The highest BCUT2D eigenvalue weighted by Gasteiger charge is 2.39. The van der Waals surface area contributed by atoms with E-state index < -0.39 is 5.97 Å². The fourth-order valence-corrected chi connectivity index (χ4v) is 2.60. The van der Waals surface area contributed by atoms with Crippen LogP contribution >= 0.6 is 0 Å². The highest BCUT2D eigenvalue weighted by atomic mass is 16.4. The number of rotatable bonds is 4. The lowest BCUT2D eigenvalue weighted by molar-refractivity contribution is -0.141. The molecule has 1 saturated heterocycles. The molecule has 0 bridgehead atoms. The highest BCUT2D eigenvalue weighted by Crippen LogP contribution is 2.43. The topological polar surface area (TPSA) is 98.7 Å². The molecule has 2 fully saturated rings. The quantitative estimate of drug-likeness (QED) is 0.656. The number of carbonyl (C=O) groups excluding carboxylic acids is 2. The zero-order chi connectivity index (χ0) is 13.9. The lowest BCUT2D eigenvalue weighted by atomic mass is 9.66. The number of carboxylic acid groups (broad SMARTS) is 1. The third-order valence-electron chi connectivity index (χ3n) is 3.88. The number of nitrogens with one attached hydrogen (secondary N) is 2. The molecule has 2 rings (SSSR count). The Labute approximate surface area is 111 Å². The molecule has 0 aromatic carbocycles. The van der Waals surface area contributed by atoms with Gasteiger partial charge in [-0.15, -0.1) is 0 Å². The second-order valence-electron chi connectivity index (χ2n) is 5.35. The minimum Gasteiger partial charge on any atom is -0.481 e. The van der Waals surface area contributed by atoms with Crippen LogP contribution in [0.5, 0.6) is 0 Å². The van der Waals surface area contributed by atoms with Gasteiger partial charge >= 0.3 is 12.0 Å². The van der Waals surface area contributed by atoms with E-state index in [1.165, 1.54) is 4.90 Å². The summed E-state index contributed by atoms with van der Waals surface area (Å²) in [6.07, 6.45) is 2.77. The maximum absolute atomic E-state index is 11.9. The smallest absolute Gasteiger partial charge is 0.317 e. The van der Waals surface area contributed by atoms with Crippen molar-refractivity contribution in [1.29, 1.82) is 0 Å². The molecule has 1 saturated carbocycles. The monoisotopic (exact) mass is 269 g/mol. The molecule has 0 aromatic rings. The van der Waals surface area contributed by atoms with Crippen molar-refractivity contribution >= 4 is 17.9 Å². The minimum absolute atomic E-state index is 0.0672. The molecule has 1 aliphatic carbocycles. The first-order valence-corrected chi connectivity index (χ1v) is 6.52. The molecular weight excluding hydrogens is 250 g/mol. The van der Waals surface area contributed by atoms with Crippen LogP contribution in [-0.2, 0) is 9.59 Å². The largest absolute Gasteiger partial charge is 0.481 e. The molecule has 106 valence electrons. The third kappa shape index (κ3) is 3.36. The van der Waals surface area contributed by atoms with Crippen LogP contribution in [0.3, 0.4) is 0 Å². The zero-order valence-corrected chi connectivity index (χ0v) is 10.8. The molecule has 7 heteroatoms. The number of amides is 3. The Morgan fingerprint density at radius 1 is 1.42 bits per heavy atom. The zero-order valence-electron chi connectivity index (χ0n) is 10.8. The van der Waals surface area contributed by atoms with Gasteiger partial charge in [-0.25, -0.2) is 4.79 Å². The molecule has 0 unspecified atom stereocenters. The Hall–Kier alpha value is -1.79. The van der Waals surface area contributed by atoms with Crippen molar-refractivity contribution in [2.45, 2.75) is 25.7 Å². The Kier molecular flexibility index (Phi) is 3.92. The van der Waals surface area contributed by atoms with Gasteiger partial charge in [0.05, 0.1) is 6.42 Å². The number of aliphatic carboxylic acids is 1. The lowest BCUT2D eigenvalue weighted by Crippen LogP contribution is -2.54. The van der Waals surface area contributed by atoms with Crippen molar-refractivity contribution in [3.63, 3.8) is 0 Å². The van der Waals surface area contributed by atoms with Crippen molar-refractivity contribution in [3.05, 3.63) is 0 Å². The van der Waals surface area contributed by atoms with Gasteiger partial charge in [0.15, 0.2) is 0 Å². The van der Waals surface area contributed by atoms with Crippen molar-refractivity contribution < 1.29 is 19.5 Å². The van der Waals surface area contributed by atoms with Crippen molar-refractivity contribution in [1.82, 2.24) is 15.5 Å². The van der Waals surface area contributed by atoms with Gasteiger partial charge in [0.25, 0.3) is 0 Å². The van der Waals surface area contributed by atoms with E-state index in [1.54, 1.807) is 0 Å². The fourth-order valence-electron chi connectivity index (χ4n) is 2.60. The molecule has 2 aliphatic rings. The average molecular weight is 269 g/mol. The highest BCUT2D eigenvalue weighted by molar-refractivity contribution is 5.85.